The standard InChI is InChI=1S/C35H50O12/c1-16-17-8-9-22-32(4)13-19(37)29(35(7,45)23(38)10-11-31(2,3)44)33(32,5)14-24(39)34(22,6)18(17)12-20(25(16)40)46-30-28(43)27(42)26(41)21(15-36)47-30/h8-9,12,19,21-22,26-30,36-37,40-45H,10-11,13-15H2,1-7H3/t19-,21-,22+,26-,27+,28-,29+,30-,32+,33-,34+,35+/m1/s1. The minimum absolute atomic E-state index is 0.0662. The lowest BCUT2D eigenvalue weighted by Crippen LogP contribution is -2.63. The summed E-state index contributed by atoms with van der Waals surface area (Å²) in [7, 11) is 0. The smallest absolute Gasteiger partial charge is 0.229 e. The van der Waals surface area contributed by atoms with Gasteiger partial charge in [-0.25, -0.2) is 0 Å². The van der Waals surface area contributed by atoms with Crippen LogP contribution in [-0.4, -0.2) is 107 Å². The van der Waals surface area contributed by atoms with Gasteiger partial charge in [0.05, 0.1) is 23.7 Å². The molecule has 12 nitrogen and oxygen atoms in total. The molecule has 1 aromatic carbocycles. The SMILES string of the molecule is Cc1c(O)c(O[C@@H]2O[C@H](CO)[C@@H](O)[C@H](O)[C@H]2O)cc2c1C=C[C@@H]1[C@@]2(C)C(=O)C[C@]2(C)[C@@H]([C@@](C)(O)C(=O)CCC(C)(C)O)[C@H](O)C[C@@]12C. The third-order valence-corrected chi connectivity index (χ3v) is 12.2. The van der Waals surface area contributed by atoms with Gasteiger partial charge >= 0.3 is 0 Å². The molecule has 0 unspecified atom stereocenters. The van der Waals surface area contributed by atoms with E-state index < -0.39 is 88.5 Å². The Morgan fingerprint density at radius 3 is 2.28 bits per heavy atom. The maximum absolute atomic E-state index is 14.5. The lowest BCUT2D eigenvalue weighted by Gasteiger charge is -2.60. The summed E-state index contributed by atoms with van der Waals surface area (Å²) in [5.41, 5.74) is -4.60. The van der Waals surface area contributed by atoms with E-state index >= 15 is 0 Å². The maximum Gasteiger partial charge on any atom is 0.229 e. The molecule has 0 bridgehead atoms. The number of hydrogen-bond donors (Lipinski definition) is 8. The molecular weight excluding hydrogens is 612 g/mol. The van der Waals surface area contributed by atoms with E-state index in [4.69, 9.17) is 9.47 Å². The van der Waals surface area contributed by atoms with E-state index in [9.17, 15) is 50.4 Å². The summed E-state index contributed by atoms with van der Waals surface area (Å²) >= 11 is 0. The van der Waals surface area contributed by atoms with Crippen LogP contribution in [0.2, 0.25) is 0 Å². The number of carbonyl (C=O) groups excluding carboxylic acids is 2. The topological polar surface area (TPSA) is 214 Å². The highest BCUT2D eigenvalue weighted by Gasteiger charge is 2.73. The first-order chi connectivity index (χ1) is 21.6. The average Bonchev–Trinajstić information content (AvgIpc) is 3.19. The largest absolute Gasteiger partial charge is 0.504 e. The number of hydrogen-bond acceptors (Lipinski definition) is 12. The summed E-state index contributed by atoms with van der Waals surface area (Å²) in [5, 5.41) is 85.4. The fourth-order valence-electron chi connectivity index (χ4n) is 9.26. The zero-order valence-corrected chi connectivity index (χ0v) is 28.1. The van der Waals surface area contributed by atoms with Crippen LogP contribution in [0.1, 0.15) is 83.9 Å². The molecule has 0 spiro atoms. The van der Waals surface area contributed by atoms with Crippen LogP contribution in [0.4, 0.5) is 0 Å². The predicted octanol–water partition coefficient (Wildman–Crippen LogP) is 1.02. The number of phenols is 1. The van der Waals surface area contributed by atoms with E-state index in [1.807, 2.05) is 26.0 Å². The monoisotopic (exact) mass is 662 g/mol. The number of aliphatic hydroxyl groups excluding tert-OH is 5. The summed E-state index contributed by atoms with van der Waals surface area (Å²) < 4.78 is 11.4. The molecule has 262 valence electrons. The Kier molecular flexibility index (Phi) is 8.84. The molecule has 0 amide bonds. The van der Waals surface area contributed by atoms with Gasteiger partial charge < -0.3 is 50.3 Å². The van der Waals surface area contributed by atoms with Crippen LogP contribution in [0.3, 0.4) is 0 Å². The Morgan fingerprint density at radius 1 is 1.04 bits per heavy atom. The van der Waals surface area contributed by atoms with E-state index in [-0.39, 0.29) is 43.0 Å². The minimum Gasteiger partial charge on any atom is -0.504 e. The molecule has 1 heterocycles. The van der Waals surface area contributed by atoms with Crippen molar-refractivity contribution in [1.29, 1.82) is 0 Å². The molecule has 1 aromatic rings. The van der Waals surface area contributed by atoms with Gasteiger partial charge in [0.2, 0.25) is 6.29 Å². The zero-order valence-electron chi connectivity index (χ0n) is 28.1. The molecule has 3 fully saturated rings. The van der Waals surface area contributed by atoms with Gasteiger partial charge in [-0.2, -0.15) is 0 Å². The van der Waals surface area contributed by atoms with Crippen LogP contribution in [0.15, 0.2) is 12.1 Å². The molecule has 12 atom stereocenters. The van der Waals surface area contributed by atoms with Gasteiger partial charge in [0.15, 0.2) is 17.3 Å². The zero-order chi connectivity index (χ0) is 35.2. The van der Waals surface area contributed by atoms with Crippen LogP contribution in [0.5, 0.6) is 11.5 Å². The quantitative estimate of drug-likeness (QED) is 0.196. The van der Waals surface area contributed by atoms with E-state index in [1.54, 1.807) is 27.7 Å². The van der Waals surface area contributed by atoms with Crippen molar-refractivity contribution in [1.82, 2.24) is 0 Å². The number of fused-ring (bicyclic) bond motifs is 5. The van der Waals surface area contributed by atoms with Crippen LogP contribution in [0.25, 0.3) is 6.08 Å². The van der Waals surface area contributed by atoms with Crippen molar-refractivity contribution in [3.8, 4) is 11.5 Å². The van der Waals surface area contributed by atoms with E-state index in [1.165, 1.54) is 13.0 Å². The molecule has 5 rings (SSSR count). The van der Waals surface area contributed by atoms with Gasteiger partial charge in [0, 0.05) is 24.3 Å². The Balaban J connectivity index is 1.54. The number of rotatable bonds is 8. The Labute approximate surface area is 274 Å². The van der Waals surface area contributed by atoms with Crippen molar-refractivity contribution >= 4 is 17.6 Å². The van der Waals surface area contributed by atoms with Crippen LogP contribution in [0, 0.1) is 29.6 Å². The van der Waals surface area contributed by atoms with Gasteiger partial charge in [0.1, 0.15) is 35.8 Å². The van der Waals surface area contributed by atoms with Crippen molar-refractivity contribution in [3.05, 3.63) is 28.8 Å². The van der Waals surface area contributed by atoms with E-state index in [2.05, 4.69) is 0 Å². The number of carbonyl (C=O) groups is 2. The molecule has 3 aliphatic carbocycles. The van der Waals surface area contributed by atoms with Crippen LogP contribution >= 0.6 is 0 Å². The number of aliphatic hydroxyl groups is 7. The normalized spacial score (nSPS) is 41.1. The van der Waals surface area contributed by atoms with E-state index in [0.717, 1.165) is 0 Å². The Hall–Kier alpha value is -2.42. The van der Waals surface area contributed by atoms with Gasteiger partial charge in [0.25, 0.3) is 0 Å². The highest BCUT2D eigenvalue weighted by Crippen LogP contribution is 2.71. The first-order valence-electron chi connectivity index (χ1n) is 16.3. The highest BCUT2D eigenvalue weighted by atomic mass is 16.7. The summed E-state index contributed by atoms with van der Waals surface area (Å²) in [5.74, 6) is -2.62. The number of Topliss-reactive ketones (excluding diaryl/α,β-unsaturated/α-hetero) is 2. The third kappa shape index (κ3) is 5.27. The number of benzene rings is 1. The molecule has 0 radical (unpaired) electrons. The van der Waals surface area contributed by atoms with Gasteiger partial charge in [-0.15, -0.1) is 0 Å². The molecule has 12 heteroatoms. The summed E-state index contributed by atoms with van der Waals surface area (Å²) in [6.45, 7) is 11.1. The maximum atomic E-state index is 14.5. The lowest BCUT2D eigenvalue weighted by molar-refractivity contribution is -0.277. The Bertz CT molecular complexity index is 1460. The predicted molar refractivity (Wildman–Crippen MR) is 168 cm³/mol. The van der Waals surface area contributed by atoms with Crippen molar-refractivity contribution in [3.63, 3.8) is 0 Å². The second kappa shape index (κ2) is 11.6. The molecule has 8 N–H and O–H groups in total. The fraction of sp³-hybridized carbons (Fsp3) is 0.714. The van der Waals surface area contributed by atoms with Gasteiger partial charge in [-0.05, 0) is 81.4 Å². The van der Waals surface area contributed by atoms with Crippen molar-refractivity contribution < 1.29 is 59.9 Å². The average molecular weight is 663 g/mol. The van der Waals surface area contributed by atoms with Crippen LogP contribution in [-0.2, 0) is 19.7 Å². The fourth-order valence-corrected chi connectivity index (χ4v) is 9.26. The molecule has 4 aliphatic rings. The molecule has 2 saturated carbocycles. The number of phenolic OH excluding ortho intramolecular Hbond substituents is 1. The molecule has 47 heavy (non-hydrogen) atoms. The molecule has 1 aliphatic heterocycles. The van der Waals surface area contributed by atoms with E-state index in [0.29, 0.717) is 16.7 Å². The second-order valence-corrected chi connectivity index (χ2v) is 15.7. The van der Waals surface area contributed by atoms with Crippen molar-refractivity contribution in [2.24, 2.45) is 22.7 Å². The highest BCUT2D eigenvalue weighted by molar-refractivity contribution is 5.96. The number of allylic oxidation sites excluding steroid dienone is 1. The number of aromatic hydroxyl groups is 1. The van der Waals surface area contributed by atoms with Gasteiger partial charge in [-0.1, -0.05) is 26.0 Å². The lowest BCUT2D eigenvalue weighted by atomic mass is 9.42. The van der Waals surface area contributed by atoms with Gasteiger partial charge in [-0.3, -0.25) is 9.59 Å². The molecule has 0 aromatic heterocycles. The van der Waals surface area contributed by atoms with Crippen LogP contribution < -0.4 is 4.74 Å². The molecular formula is C35H50O12. The number of ketones is 2. The number of ether oxygens (including phenoxy) is 2. The first-order valence-corrected chi connectivity index (χ1v) is 16.3. The Morgan fingerprint density at radius 2 is 1.68 bits per heavy atom. The first kappa shape index (κ1) is 35.9. The minimum atomic E-state index is -1.98. The second-order valence-electron chi connectivity index (χ2n) is 15.7. The van der Waals surface area contributed by atoms with Crippen molar-refractivity contribution in [2.45, 2.75) is 128 Å². The summed E-state index contributed by atoms with van der Waals surface area (Å²) in [6.07, 6.45) is -5.07. The molecule has 1 saturated heterocycles. The summed E-state index contributed by atoms with van der Waals surface area (Å²) in [4.78, 5) is 28.0. The summed E-state index contributed by atoms with van der Waals surface area (Å²) in [6, 6.07) is 1.50. The third-order valence-electron chi connectivity index (χ3n) is 12.2. The van der Waals surface area contributed by atoms with Crippen molar-refractivity contribution in [2.75, 3.05) is 6.61 Å².